The summed E-state index contributed by atoms with van der Waals surface area (Å²) >= 11 is 5.97. The van der Waals surface area contributed by atoms with Crippen molar-refractivity contribution < 1.29 is 28.6 Å². The standard InChI is InChI=1S/C29H29ClFN7O5/c1-15(2)37-13-20(28(41)38(29(37)42)19-7-4-17(30)5-8-19)27(40)34-18-6-9-22(21(31)12-18)43-23-10-11-32-25-24(23)26(36-35-25)33-16(3)14-39/h4-12,15-16,20,39H,13-14H2,1-3H3,(H,34,40)(H2,32,33,35,36)/t16-,20?/m1/s1. The van der Waals surface area contributed by atoms with E-state index < -0.39 is 29.6 Å². The molecule has 43 heavy (non-hydrogen) atoms. The molecule has 2 aromatic carbocycles. The highest BCUT2D eigenvalue weighted by atomic mass is 35.5. The number of carbonyl (C=O) groups is 3. The van der Waals surface area contributed by atoms with Gasteiger partial charge in [0.15, 0.2) is 23.0 Å². The maximum absolute atomic E-state index is 15.2. The average molecular weight is 610 g/mol. The van der Waals surface area contributed by atoms with Crippen LogP contribution < -0.4 is 20.3 Å². The van der Waals surface area contributed by atoms with Crippen molar-refractivity contribution in [3.63, 3.8) is 0 Å². The van der Waals surface area contributed by atoms with Crippen molar-refractivity contribution >= 4 is 57.7 Å². The molecule has 1 aliphatic rings. The lowest BCUT2D eigenvalue weighted by atomic mass is 10.0. The van der Waals surface area contributed by atoms with Crippen LogP contribution in [0.5, 0.6) is 11.5 Å². The number of carbonyl (C=O) groups excluding carboxylic acids is 3. The van der Waals surface area contributed by atoms with Crippen LogP contribution in [-0.4, -0.2) is 68.3 Å². The van der Waals surface area contributed by atoms with E-state index in [1.54, 1.807) is 39.0 Å². The molecule has 1 saturated heterocycles. The SMILES string of the molecule is CC(C)N1CC(C(=O)Nc2ccc(Oc3ccnc4[nH]nc(N[C@H](C)CO)c34)c(F)c2)C(=O)N(c2ccc(Cl)cc2)C1=O. The fourth-order valence-corrected chi connectivity index (χ4v) is 4.71. The number of ether oxygens (including phenoxy) is 1. The van der Waals surface area contributed by atoms with Gasteiger partial charge in [0.05, 0.1) is 12.3 Å². The van der Waals surface area contributed by atoms with Gasteiger partial charge in [0, 0.05) is 47.7 Å². The van der Waals surface area contributed by atoms with E-state index in [9.17, 15) is 19.5 Å². The number of aromatic nitrogens is 3. The smallest absolute Gasteiger partial charge is 0.331 e. The first kappa shape index (κ1) is 29.7. The lowest BCUT2D eigenvalue weighted by Gasteiger charge is -2.39. The number of aliphatic hydroxyl groups excluding tert-OH is 1. The summed E-state index contributed by atoms with van der Waals surface area (Å²) in [5.41, 5.74) is 0.770. The normalized spacial score (nSPS) is 16.1. The number of nitrogens with zero attached hydrogens (tertiary/aromatic N) is 4. The highest BCUT2D eigenvalue weighted by molar-refractivity contribution is 6.31. The van der Waals surface area contributed by atoms with E-state index >= 15 is 4.39 Å². The number of aromatic amines is 1. The number of hydrogen-bond acceptors (Lipinski definition) is 8. The number of H-pyrrole nitrogens is 1. The Bertz CT molecular complexity index is 1680. The van der Waals surface area contributed by atoms with Crippen LogP contribution >= 0.6 is 11.6 Å². The lowest BCUT2D eigenvalue weighted by molar-refractivity contribution is -0.132. The lowest BCUT2D eigenvalue weighted by Crippen LogP contribution is -2.61. The number of nitrogens with one attached hydrogen (secondary N) is 3. The maximum Gasteiger partial charge on any atom is 0.331 e. The number of hydrogen-bond donors (Lipinski definition) is 4. The molecule has 0 saturated carbocycles. The molecule has 0 bridgehead atoms. The van der Waals surface area contributed by atoms with Gasteiger partial charge in [-0.15, -0.1) is 0 Å². The largest absolute Gasteiger partial charge is 0.453 e. The Morgan fingerprint density at radius 2 is 1.91 bits per heavy atom. The Morgan fingerprint density at radius 1 is 1.16 bits per heavy atom. The summed E-state index contributed by atoms with van der Waals surface area (Å²) in [5, 5.41) is 22.8. The predicted molar refractivity (Wildman–Crippen MR) is 159 cm³/mol. The molecule has 14 heteroatoms. The van der Waals surface area contributed by atoms with Crippen LogP contribution in [0, 0.1) is 11.7 Å². The number of fused-ring (bicyclic) bond motifs is 1. The molecule has 1 aliphatic heterocycles. The zero-order valence-electron chi connectivity index (χ0n) is 23.5. The van der Waals surface area contributed by atoms with E-state index in [-0.39, 0.29) is 48.1 Å². The molecule has 1 unspecified atom stereocenters. The van der Waals surface area contributed by atoms with E-state index in [1.807, 2.05) is 0 Å². The monoisotopic (exact) mass is 609 g/mol. The summed E-state index contributed by atoms with van der Waals surface area (Å²) < 4.78 is 21.1. The first-order valence-corrected chi connectivity index (χ1v) is 13.8. The van der Waals surface area contributed by atoms with Crippen molar-refractivity contribution in [3.05, 3.63) is 65.6 Å². The molecule has 0 radical (unpaired) electrons. The third-order valence-corrected chi connectivity index (χ3v) is 7.11. The molecule has 2 aromatic heterocycles. The Labute approximate surface area is 250 Å². The van der Waals surface area contributed by atoms with Crippen LogP contribution in [0.4, 0.5) is 26.4 Å². The Morgan fingerprint density at radius 3 is 2.58 bits per heavy atom. The molecular formula is C29H29ClFN7O5. The molecular weight excluding hydrogens is 581 g/mol. The number of pyridine rings is 1. The average Bonchev–Trinajstić information content (AvgIpc) is 3.38. The summed E-state index contributed by atoms with van der Waals surface area (Å²) in [7, 11) is 0. The van der Waals surface area contributed by atoms with Gasteiger partial charge >= 0.3 is 6.03 Å². The fourth-order valence-electron chi connectivity index (χ4n) is 4.59. The topological polar surface area (TPSA) is 153 Å². The Kier molecular flexibility index (Phi) is 8.46. The van der Waals surface area contributed by atoms with Crippen LogP contribution in [0.2, 0.25) is 5.02 Å². The van der Waals surface area contributed by atoms with Gasteiger partial charge in [0.2, 0.25) is 11.8 Å². The molecule has 4 N–H and O–H groups in total. The Balaban J connectivity index is 1.36. The van der Waals surface area contributed by atoms with Crippen molar-refractivity contribution in [2.75, 3.05) is 28.7 Å². The summed E-state index contributed by atoms with van der Waals surface area (Å²) in [6.07, 6.45) is 1.47. The van der Waals surface area contributed by atoms with E-state index in [2.05, 4.69) is 25.8 Å². The van der Waals surface area contributed by atoms with Gasteiger partial charge in [-0.1, -0.05) is 11.6 Å². The van der Waals surface area contributed by atoms with Crippen molar-refractivity contribution in [2.45, 2.75) is 32.9 Å². The third kappa shape index (κ3) is 6.08. The number of urea groups is 1. The van der Waals surface area contributed by atoms with Gasteiger partial charge in [-0.3, -0.25) is 14.7 Å². The van der Waals surface area contributed by atoms with Crippen LogP contribution in [-0.2, 0) is 9.59 Å². The van der Waals surface area contributed by atoms with Gasteiger partial charge in [0.25, 0.3) is 0 Å². The maximum atomic E-state index is 15.2. The quantitative estimate of drug-likeness (QED) is 0.198. The number of halogens is 2. The van der Waals surface area contributed by atoms with Crippen LogP contribution in [0.3, 0.4) is 0 Å². The number of rotatable bonds is 9. The molecule has 5 rings (SSSR count). The van der Waals surface area contributed by atoms with Crippen LogP contribution in [0.15, 0.2) is 54.7 Å². The van der Waals surface area contributed by atoms with Gasteiger partial charge in [-0.2, -0.15) is 5.10 Å². The molecule has 12 nitrogen and oxygen atoms in total. The number of anilines is 3. The minimum absolute atomic E-state index is 0.0935. The van der Waals surface area contributed by atoms with Crippen molar-refractivity contribution in [3.8, 4) is 11.5 Å². The summed E-state index contributed by atoms with van der Waals surface area (Å²) in [5.74, 6) is -2.91. The van der Waals surface area contributed by atoms with E-state index in [0.717, 1.165) is 11.0 Å². The second-order valence-corrected chi connectivity index (χ2v) is 10.7. The zero-order chi connectivity index (χ0) is 30.8. The van der Waals surface area contributed by atoms with Crippen LogP contribution in [0.1, 0.15) is 20.8 Å². The highest BCUT2D eigenvalue weighted by Crippen LogP contribution is 2.35. The molecule has 2 atom stereocenters. The molecule has 0 aliphatic carbocycles. The summed E-state index contributed by atoms with van der Waals surface area (Å²) in [6.45, 7) is 5.05. The van der Waals surface area contributed by atoms with E-state index in [0.29, 0.717) is 21.9 Å². The minimum atomic E-state index is -1.24. The first-order chi connectivity index (χ1) is 20.6. The molecule has 4 amide bonds. The van der Waals surface area contributed by atoms with Crippen molar-refractivity contribution in [1.29, 1.82) is 0 Å². The number of benzene rings is 2. The molecule has 224 valence electrons. The molecule has 3 heterocycles. The number of amides is 4. The van der Waals surface area contributed by atoms with Gasteiger partial charge in [-0.05, 0) is 57.2 Å². The fraction of sp³-hybridized carbons (Fsp3) is 0.276. The predicted octanol–water partition coefficient (Wildman–Crippen LogP) is 4.77. The van der Waals surface area contributed by atoms with Crippen LogP contribution in [0.25, 0.3) is 11.0 Å². The molecule has 4 aromatic rings. The van der Waals surface area contributed by atoms with Crippen molar-refractivity contribution in [2.24, 2.45) is 5.92 Å². The second-order valence-electron chi connectivity index (χ2n) is 10.3. The first-order valence-electron chi connectivity index (χ1n) is 13.5. The summed E-state index contributed by atoms with van der Waals surface area (Å²) in [6, 6.07) is 10.4. The number of imide groups is 1. The molecule has 0 spiro atoms. The van der Waals surface area contributed by atoms with E-state index in [1.165, 1.54) is 35.4 Å². The van der Waals surface area contributed by atoms with E-state index in [4.69, 9.17) is 16.3 Å². The van der Waals surface area contributed by atoms with Crippen molar-refractivity contribution in [1.82, 2.24) is 20.1 Å². The highest BCUT2D eigenvalue weighted by Gasteiger charge is 2.44. The third-order valence-electron chi connectivity index (χ3n) is 6.86. The minimum Gasteiger partial charge on any atom is -0.453 e. The number of aliphatic hydroxyl groups is 1. The second kappa shape index (κ2) is 12.2. The van der Waals surface area contributed by atoms with Gasteiger partial charge in [-0.25, -0.2) is 19.1 Å². The Hall–Kier alpha value is -4.75. The summed E-state index contributed by atoms with van der Waals surface area (Å²) in [4.78, 5) is 46.5. The molecule has 1 fully saturated rings. The van der Waals surface area contributed by atoms with Gasteiger partial charge in [0.1, 0.15) is 17.1 Å². The zero-order valence-corrected chi connectivity index (χ0v) is 24.2. The van der Waals surface area contributed by atoms with Gasteiger partial charge < -0.3 is 25.4 Å².